The van der Waals surface area contributed by atoms with Crippen LogP contribution in [0.5, 0.6) is 0 Å². The first kappa shape index (κ1) is 14.5. The van der Waals surface area contributed by atoms with E-state index in [1.54, 1.807) is 6.07 Å². The summed E-state index contributed by atoms with van der Waals surface area (Å²) in [5.74, 6) is -1.30. The molecular weight excluding hydrogens is 282 g/mol. The Bertz CT molecular complexity index is 506. The largest absolute Gasteiger partial charge is 0.477 e. The molecule has 0 bridgehead atoms. The Balaban J connectivity index is 0.000000199. The molecule has 0 amide bonds. The topological polar surface area (TPSA) is 54.4 Å². The van der Waals surface area contributed by atoms with Crippen molar-refractivity contribution in [3.8, 4) is 0 Å². The van der Waals surface area contributed by atoms with E-state index in [-0.39, 0.29) is 4.88 Å². The van der Waals surface area contributed by atoms with Crippen LogP contribution in [0.2, 0.25) is 0 Å². The minimum absolute atomic E-state index is 0.278. The smallest absolute Gasteiger partial charge is 0.346 e. The summed E-state index contributed by atoms with van der Waals surface area (Å²) in [7, 11) is 0. The van der Waals surface area contributed by atoms with Gasteiger partial charge in [0.2, 0.25) is 0 Å². The second kappa shape index (κ2) is 6.97. The van der Waals surface area contributed by atoms with Crippen LogP contribution in [0.3, 0.4) is 0 Å². The third-order valence-electron chi connectivity index (χ3n) is 1.80. The fourth-order valence-electron chi connectivity index (χ4n) is 1.01. The van der Waals surface area contributed by atoms with Crippen LogP contribution in [-0.4, -0.2) is 17.4 Å². The molecule has 0 aliphatic heterocycles. The van der Waals surface area contributed by atoms with Crippen molar-refractivity contribution < 1.29 is 23.5 Å². The summed E-state index contributed by atoms with van der Waals surface area (Å²) in [5, 5.41) is 13.4. The van der Waals surface area contributed by atoms with Crippen molar-refractivity contribution in [2.45, 2.75) is 6.43 Å². The highest BCUT2D eigenvalue weighted by molar-refractivity contribution is 7.12. The van der Waals surface area contributed by atoms with Gasteiger partial charge in [-0.15, -0.1) is 11.3 Å². The molecular formula is C11H8F2O3S2. The van der Waals surface area contributed by atoms with Crippen LogP contribution in [0.25, 0.3) is 0 Å². The van der Waals surface area contributed by atoms with Gasteiger partial charge in [0, 0.05) is 16.5 Å². The van der Waals surface area contributed by atoms with Gasteiger partial charge in [-0.1, -0.05) is 0 Å². The minimum atomic E-state index is -2.70. The molecule has 2 aromatic heterocycles. The summed E-state index contributed by atoms with van der Waals surface area (Å²) in [6.45, 7) is 0. The summed E-state index contributed by atoms with van der Waals surface area (Å²) in [5.41, 5.74) is 0.368. The SMILES string of the molecule is O=C(O)c1sccc1C(F)F.O=Cc1ccsc1. The number of aldehydes is 1. The lowest BCUT2D eigenvalue weighted by Gasteiger charge is -1.95. The summed E-state index contributed by atoms with van der Waals surface area (Å²) in [6, 6.07) is 2.91. The first-order chi connectivity index (χ1) is 8.56. The molecule has 96 valence electrons. The standard InChI is InChI=1S/C6H4F2O2S.C5H4OS/c7-5(8)3-1-2-11-4(3)6(9)10;6-3-5-1-2-7-4-5/h1-2,5H,(H,9,10);1-4H. The van der Waals surface area contributed by atoms with Crippen molar-refractivity contribution >= 4 is 34.9 Å². The maximum atomic E-state index is 12.0. The molecule has 2 heterocycles. The van der Waals surface area contributed by atoms with Crippen LogP contribution in [0.4, 0.5) is 8.78 Å². The Morgan fingerprint density at radius 3 is 2.39 bits per heavy atom. The molecule has 7 heteroatoms. The highest BCUT2D eigenvalue weighted by Crippen LogP contribution is 2.26. The van der Waals surface area contributed by atoms with Gasteiger partial charge in [-0.05, 0) is 22.9 Å². The number of hydrogen-bond donors (Lipinski definition) is 1. The van der Waals surface area contributed by atoms with E-state index < -0.39 is 18.0 Å². The van der Waals surface area contributed by atoms with Gasteiger partial charge in [0.05, 0.1) is 0 Å². The molecule has 2 aromatic rings. The molecule has 0 aliphatic carbocycles. The van der Waals surface area contributed by atoms with E-state index in [1.807, 2.05) is 10.8 Å². The van der Waals surface area contributed by atoms with Gasteiger partial charge in [-0.25, -0.2) is 13.6 Å². The number of hydrogen-bond acceptors (Lipinski definition) is 4. The highest BCUT2D eigenvalue weighted by atomic mass is 32.1. The van der Waals surface area contributed by atoms with Crippen LogP contribution in [0.1, 0.15) is 32.0 Å². The molecule has 18 heavy (non-hydrogen) atoms. The third-order valence-corrected chi connectivity index (χ3v) is 3.42. The van der Waals surface area contributed by atoms with Crippen molar-refractivity contribution in [3.05, 3.63) is 44.3 Å². The molecule has 1 N–H and O–H groups in total. The second-order valence-electron chi connectivity index (χ2n) is 2.99. The van der Waals surface area contributed by atoms with Crippen LogP contribution in [0.15, 0.2) is 28.3 Å². The van der Waals surface area contributed by atoms with E-state index >= 15 is 0 Å². The average molecular weight is 290 g/mol. The van der Waals surface area contributed by atoms with Gasteiger partial charge in [0.25, 0.3) is 6.43 Å². The van der Waals surface area contributed by atoms with Crippen molar-refractivity contribution in [1.82, 2.24) is 0 Å². The van der Waals surface area contributed by atoms with Gasteiger partial charge >= 0.3 is 5.97 Å². The van der Waals surface area contributed by atoms with Gasteiger partial charge in [-0.2, -0.15) is 11.3 Å². The summed E-state index contributed by atoms with van der Waals surface area (Å²) < 4.78 is 23.9. The van der Waals surface area contributed by atoms with E-state index in [1.165, 1.54) is 16.7 Å². The number of halogens is 2. The monoisotopic (exact) mass is 290 g/mol. The maximum absolute atomic E-state index is 12.0. The quantitative estimate of drug-likeness (QED) is 0.871. The number of carbonyl (C=O) groups excluding carboxylic acids is 1. The van der Waals surface area contributed by atoms with Gasteiger partial charge in [-0.3, -0.25) is 4.79 Å². The number of alkyl halides is 2. The molecule has 0 aliphatic rings. The Kier molecular flexibility index (Phi) is 5.60. The van der Waals surface area contributed by atoms with E-state index in [0.717, 1.165) is 29.3 Å². The lowest BCUT2D eigenvalue weighted by molar-refractivity contribution is 0.0691. The lowest BCUT2D eigenvalue weighted by Crippen LogP contribution is -1.97. The molecule has 2 rings (SSSR count). The van der Waals surface area contributed by atoms with E-state index in [0.29, 0.717) is 0 Å². The highest BCUT2D eigenvalue weighted by Gasteiger charge is 2.18. The first-order valence-electron chi connectivity index (χ1n) is 4.62. The molecule has 3 nitrogen and oxygen atoms in total. The van der Waals surface area contributed by atoms with Crippen molar-refractivity contribution in [3.63, 3.8) is 0 Å². The predicted octanol–water partition coefficient (Wildman–Crippen LogP) is 3.94. The zero-order valence-electron chi connectivity index (χ0n) is 8.88. The zero-order valence-corrected chi connectivity index (χ0v) is 10.5. The fourth-order valence-corrected chi connectivity index (χ4v) is 2.36. The number of aromatic carboxylic acids is 1. The third kappa shape index (κ3) is 4.01. The lowest BCUT2D eigenvalue weighted by atomic mass is 10.3. The second-order valence-corrected chi connectivity index (χ2v) is 4.68. The number of carbonyl (C=O) groups is 2. The van der Waals surface area contributed by atoms with Crippen LogP contribution < -0.4 is 0 Å². The van der Waals surface area contributed by atoms with Crippen LogP contribution in [-0.2, 0) is 0 Å². The van der Waals surface area contributed by atoms with Gasteiger partial charge in [0.1, 0.15) is 4.88 Å². The average Bonchev–Trinajstić information content (AvgIpc) is 3.01. The van der Waals surface area contributed by atoms with Gasteiger partial charge < -0.3 is 5.11 Å². The fraction of sp³-hybridized carbons (Fsp3) is 0.0909. The Morgan fingerprint density at radius 1 is 1.33 bits per heavy atom. The van der Waals surface area contributed by atoms with Gasteiger partial charge in [0.15, 0.2) is 6.29 Å². The summed E-state index contributed by atoms with van der Waals surface area (Å²) >= 11 is 2.34. The van der Waals surface area contributed by atoms with E-state index in [4.69, 9.17) is 5.11 Å². The molecule has 0 spiro atoms. The summed E-state index contributed by atoms with van der Waals surface area (Å²) in [4.78, 5) is 19.9. The summed E-state index contributed by atoms with van der Waals surface area (Å²) in [6.07, 6.45) is -1.86. The van der Waals surface area contributed by atoms with Crippen molar-refractivity contribution in [1.29, 1.82) is 0 Å². The number of carboxylic acid groups (broad SMARTS) is 1. The number of thiophene rings is 2. The van der Waals surface area contributed by atoms with Crippen LogP contribution >= 0.6 is 22.7 Å². The normalized spacial score (nSPS) is 9.72. The molecule has 0 fully saturated rings. The van der Waals surface area contributed by atoms with Crippen LogP contribution in [0, 0.1) is 0 Å². The maximum Gasteiger partial charge on any atom is 0.346 e. The Labute approximate surface area is 109 Å². The predicted molar refractivity (Wildman–Crippen MR) is 65.9 cm³/mol. The Morgan fingerprint density at radius 2 is 2.06 bits per heavy atom. The van der Waals surface area contributed by atoms with E-state index in [2.05, 4.69) is 0 Å². The Hall–Kier alpha value is -1.60. The number of rotatable bonds is 3. The molecule has 0 saturated carbocycles. The minimum Gasteiger partial charge on any atom is -0.477 e. The molecule has 0 saturated heterocycles. The molecule has 0 aromatic carbocycles. The molecule has 0 radical (unpaired) electrons. The van der Waals surface area contributed by atoms with Crippen molar-refractivity contribution in [2.24, 2.45) is 0 Å². The van der Waals surface area contributed by atoms with E-state index in [9.17, 15) is 18.4 Å². The first-order valence-corrected chi connectivity index (χ1v) is 6.44. The zero-order chi connectivity index (χ0) is 13.5. The number of carboxylic acids is 1. The molecule has 0 atom stereocenters. The van der Waals surface area contributed by atoms with Crippen molar-refractivity contribution in [2.75, 3.05) is 0 Å². The molecule has 0 unspecified atom stereocenters.